The molecule has 0 saturated heterocycles. The first-order valence-electron chi connectivity index (χ1n) is 5.62. The number of hydrogen-bond acceptors (Lipinski definition) is 0. The first kappa shape index (κ1) is 14.5. The maximum atomic E-state index is 3.75. The average molecular weight is 214 g/mol. The Morgan fingerprint density at radius 3 is 2.25 bits per heavy atom. The molecule has 86 valence electrons. The van der Waals surface area contributed by atoms with Gasteiger partial charge >= 0.3 is 0 Å². The van der Waals surface area contributed by atoms with Gasteiger partial charge in [0.25, 0.3) is 0 Å². The molecule has 0 heteroatoms. The first-order valence-corrected chi connectivity index (χ1v) is 5.62. The van der Waals surface area contributed by atoms with Crippen molar-refractivity contribution in [3.05, 3.63) is 67.0 Å². The van der Waals surface area contributed by atoms with E-state index < -0.39 is 0 Å². The maximum Gasteiger partial charge on any atom is -0.00578 e. The summed E-state index contributed by atoms with van der Waals surface area (Å²) in [7, 11) is 0. The van der Waals surface area contributed by atoms with Crippen molar-refractivity contribution in [2.24, 2.45) is 5.92 Å². The van der Waals surface area contributed by atoms with E-state index in [1.165, 1.54) is 11.1 Å². The summed E-state index contributed by atoms with van der Waals surface area (Å²) in [6, 6.07) is 0. The average Bonchev–Trinajstić information content (AvgIpc) is 2.17. The quantitative estimate of drug-likeness (QED) is 0.414. The summed E-state index contributed by atoms with van der Waals surface area (Å²) in [5, 5.41) is 0. The normalized spacial score (nSPS) is 12.2. The summed E-state index contributed by atoms with van der Waals surface area (Å²) in [6.07, 6.45) is 11.6. The third-order valence-corrected chi connectivity index (χ3v) is 2.07. The van der Waals surface area contributed by atoms with Crippen LogP contribution in [-0.4, -0.2) is 0 Å². The summed E-state index contributed by atoms with van der Waals surface area (Å²) in [4.78, 5) is 0. The van der Waals surface area contributed by atoms with Gasteiger partial charge < -0.3 is 0 Å². The van der Waals surface area contributed by atoms with Gasteiger partial charge in [-0.3, -0.25) is 0 Å². The van der Waals surface area contributed by atoms with Crippen LogP contribution >= 0.6 is 0 Å². The van der Waals surface area contributed by atoms with Crippen molar-refractivity contribution < 1.29 is 0 Å². The zero-order valence-corrected chi connectivity index (χ0v) is 10.5. The van der Waals surface area contributed by atoms with Gasteiger partial charge in [0.1, 0.15) is 0 Å². The predicted octanol–water partition coefficient (Wildman–Crippen LogP) is 4.99. The van der Waals surface area contributed by atoms with E-state index in [0.717, 1.165) is 12.8 Å². The molecule has 0 nitrogen and oxygen atoms in total. The fourth-order valence-corrected chi connectivity index (χ4v) is 1.59. The Labute approximate surface area is 100 Å². The molecule has 0 aliphatic heterocycles. The van der Waals surface area contributed by atoms with Crippen molar-refractivity contribution in [1.29, 1.82) is 0 Å². The van der Waals surface area contributed by atoms with E-state index in [1.54, 1.807) is 6.08 Å². The zero-order chi connectivity index (χ0) is 12.4. The van der Waals surface area contributed by atoms with E-state index in [9.17, 15) is 0 Å². The lowest BCUT2D eigenvalue weighted by atomic mass is 9.96. The molecule has 0 bridgehead atoms. The van der Waals surface area contributed by atoms with Crippen molar-refractivity contribution in [3.63, 3.8) is 0 Å². The molecule has 0 saturated carbocycles. The van der Waals surface area contributed by atoms with Crippen molar-refractivity contribution in [2.75, 3.05) is 0 Å². The van der Waals surface area contributed by atoms with E-state index in [2.05, 4.69) is 45.4 Å². The van der Waals surface area contributed by atoms with Crippen molar-refractivity contribution >= 4 is 0 Å². The first-order chi connectivity index (χ1) is 7.63. The topological polar surface area (TPSA) is 0 Å². The second-order valence-electron chi connectivity index (χ2n) is 4.16. The van der Waals surface area contributed by atoms with E-state index in [4.69, 9.17) is 0 Å². The lowest BCUT2D eigenvalue weighted by molar-refractivity contribution is 0.634. The Morgan fingerprint density at radius 1 is 1.19 bits per heavy atom. The predicted molar refractivity (Wildman–Crippen MR) is 74.3 cm³/mol. The molecule has 0 aromatic carbocycles. The Bertz CT molecular complexity index is 331. The van der Waals surface area contributed by atoms with Gasteiger partial charge in [0.2, 0.25) is 0 Å². The van der Waals surface area contributed by atoms with Gasteiger partial charge in [-0.2, -0.15) is 0 Å². The van der Waals surface area contributed by atoms with Crippen LogP contribution < -0.4 is 0 Å². The Kier molecular flexibility index (Phi) is 7.93. The van der Waals surface area contributed by atoms with Crippen LogP contribution in [0, 0.1) is 5.92 Å². The molecular weight excluding hydrogens is 192 g/mol. The summed E-state index contributed by atoms with van der Waals surface area (Å²) >= 11 is 0. The fraction of sp³-hybridized carbons (Fsp3) is 0.312. The minimum absolute atomic E-state index is 0.656. The zero-order valence-electron chi connectivity index (χ0n) is 10.5. The van der Waals surface area contributed by atoms with Crippen LogP contribution in [0.2, 0.25) is 0 Å². The molecule has 0 heterocycles. The third kappa shape index (κ3) is 6.86. The van der Waals surface area contributed by atoms with Gasteiger partial charge in [0.05, 0.1) is 0 Å². The summed E-state index contributed by atoms with van der Waals surface area (Å²) in [5.74, 6) is 0.656. The standard InChI is InChI=1S/C16H22/c1-6-9-15(10-7-2)13-16(11-8-3)12-14(4)5/h6,8-11,14H,1-3,12-13H2,4-5H3/b15-9+,16-11+. The highest BCUT2D eigenvalue weighted by Crippen LogP contribution is 2.19. The molecular formula is C16H22. The van der Waals surface area contributed by atoms with E-state index >= 15 is 0 Å². The van der Waals surface area contributed by atoms with Crippen LogP contribution in [0.15, 0.2) is 67.0 Å². The lowest BCUT2D eigenvalue weighted by Crippen LogP contribution is -1.93. The van der Waals surface area contributed by atoms with Crippen molar-refractivity contribution in [1.82, 2.24) is 0 Å². The lowest BCUT2D eigenvalue weighted by Gasteiger charge is -2.10. The van der Waals surface area contributed by atoms with Crippen LogP contribution in [0.5, 0.6) is 0 Å². The smallest absolute Gasteiger partial charge is 0.00578 e. The molecule has 0 atom stereocenters. The van der Waals surface area contributed by atoms with Gasteiger partial charge in [0.15, 0.2) is 0 Å². The van der Waals surface area contributed by atoms with E-state index in [0.29, 0.717) is 5.92 Å². The fourth-order valence-electron chi connectivity index (χ4n) is 1.59. The van der Waals surface area contributed by atoms with Crippen molar-refractivity contribution in [3.8, 4) is 0 Å². The maximum absolute atomic E-state index is 3.75. The van der Waals surface area contributed by atoms with Gasteiger partial charge in [-0.1, -0.05) is 63.5 Å². The van der Waals surface area contributed by atoms with Gasteiger partial charge in [-0.25, -0.2) is 0 Å². The molecule has 0 aromatic heterocycles. The number of rotatable bonds is 7. The van der Waals surface area contributed by atoms with Gasteiger partial charge in [-0.05, 0) is 30.4 Å². The van der Waals surface area contributed by atoms with Crippen LogP contribution in [0.3, 0.4) is 0 Å². The highest BCUT2D eigenvalue weighted by molar-refractivity contribution is 5.29. The summed E-state index contributed by atoms with van der Waals surface area (Å²) < 4.78 is 0. The molecule has 0 aliphatic carbocycles. The number of allylic oxidation sites excluding steroid dienone is 7. The van der Waals surface area contributed by atoms with Crippen LogP contribution in [0.4, 0.5) is 0 Å². The molecule has 0 fully saturated rings. The molecule has 0 spiro atoms. The third-order valence-electron chi connectivity index (χ3n) is 2.07. The minimum Gasteiger partial charge on any atom is -0.128 e. The Balaban J connectivity index is 4.77. The highest BCUT2D eigenvalue weighted by atomic mass is 14.1. The SMILES string of the molecule is C=C=C/C(=C\C=C)C/C(=C/C=C)CC(C)C. The monoisotopic (exact) mass is 214 g/mol. The second kappa shape index (κ2) is 8.76. The molecule has 0 N–H and O–H groups in total. The van der Waals surface area contributed by atoms with Crippen LogP contribution in [0.1, 0.15) is 26.7 Å². The van der Waals surface area contributed by atoms with Gasteiger partial charge in [-0.15, -0.1) is 5.73 Å². The van der Waals surface area contributed by atoms with E-state index in [-0.39, 0.29) is 0 Å². The largest absolute Gasteiger partial charge is 0.128 e. The molecule has 0 radical (unpaired) electrons. The highest BCUT2D eigenvalue weighted by Gasteiger charge is 2.02. The summed E-state index contributed by atoms with van der Waals surface area (Å²) in [6.45, 7) is 15.5. The molecule has 0 unspecified atom stereocenters. The minimum atomic E-state index is 0.656. The van der Waals surface area contributed by atoms with Crippen molar-refractivity contribution in [2.45, 2.75) is 26.7 Å². The Hall–Kier alpha value is -1.52. The van der Waals surface area contributed by atoms with E-state index in [1.807, 2.05) is 18.2 Å². The Morgan fingerprint density at radius 2 is 1.81 bits per heavy atom. The summed E-state index contributed by atoms with van der Waals surface area (Å²) in [5.41, 5.74) is 5.37. The van der Waals surface area contributed by atoms with Crippen LogP contribution in [0.25, 0.3) is 0 Å². The second-order valence-corrected chi connectivity index (χ2v) is 4.16. The molecule has 16 heavy (non-hydrogen) atoms. The van der Waals surface area contributed by atoms with Gasteiger partial charge in [0, 0.05) is 0 Å². The molecule has 0 rings (SSSR count). The molecule has 0 amide bonds. The molecule has 0 aromatic rings. The number of hydrogen-bond donors (Lipinski definition) is 0. The van der Waals surface area contributed by atoms with Crippen LogP contribution in [-0.2, 0) is 0 Å². The molecule has 0 aliphatic rings.